The maximum atomic E-state index is 12.3. The molecule has 1 amide bonds. The second-order valence-corrected chi connectivity index (χ2v) is 6.27. The van der Waals surface area contributed by atoms with Crippen LogP contribution in [0.2, 0.25) is 0 Å². The van der Waals surface area contributed by atoms with E-state index in [2.05, 4.69) is 21.2 Å². The zero-order valence-electron chi connectivity index (χ0n) is 11.2. The topological polar surface area (TPSA) is 64.4 Å². The van der Waals surface area contributed by atoms with Crippen molar-refractivity contribution in [1.29, 1.82) is 0 Å². The quantitative estimate of drug-likeness (QED) is 0.821. The van der Waals surface area contributed by atoms with Gasteiger partial charge in [0.25, 0.3) is 5.91 Å². The van der Waals surface area contributed by atoms with Crippen molar-refractivity contribution in [2.24, 2.45) is 0 Å². The van der Waals surface area contributed by atoms with Crippen LogP contribution in [0.5, 0.6) is 0 Å². The molecule has 104 valence electrons. The summed E-state index contributed by atoms with van der Waals surface area (Å²) in [7, 11) is 0. The fourth-order valence-corrected chi connectivity index (χ4v) is 2.79. The smallest absolute Gasteiger partial charge is 0.252 e. The molecule has 5 heteroatoms. The molecule has 1 fully saturated rings. The van der Waals surface area contributed by atoms with Crippen LogP contribution >= 0.6 is 15.9 Å². The zero-order valence-corrected chi connectivity index (χ0v) is 12.8. The Morgan fingerprint density at radius 2 is 2.26 bits per heavy atom. The number of halogens is 1. The molecule has 1 aromatic carbocycles. The zero-order chi connectivity index (χ0) is 14.0. The van der Waals surface area contributed by atoms with Gasteiger partial charge < -0.3 is 15.8 Å². The standard InChI is InChI=1S/C14H19BrN2O2/c1-14(2)8-9(6-7-19-14)17-13(18)10-4-3-5-11(16)12(10)15/h3-5,9H,6-8,16H2,1-2H3,(H,17,18). The number of benzene rings is 1. The van der Waals surface area contributed by atoms with Crippen molar-refractivity contribution in [1.82, 2.24) is 5.32 Å². The van der Waals surface area contributed by atoms with E-state index in [0.717, 1.165) is 12.8 Å². The average Bonchev–Trinajstić information content (AvgIpc) is 2.31. The van der Waals surface area contributed by atoms with E-state index in [4.69, 9.17) is 10.5 Å². The first-order valence-electron chi connectivity index (χ1n) is 6.38. The highest BCUT2D eigenvalue weighted by Gasteiger charge is 2.30. The monoisotopic (exact) mass is 326 g/mol. The van der Waals surface area contributed by atoms with E-state index in [1.165, 1.54) is 0 Å². The van der Waals surface area contributed by atoms with E-state index < -0.39 is 0 Å². The summed E-state index contributed by atoms with van der Waals surface area (Å²) in [6.07, 6.45) is 1.66. The molecular weight excluding hydrogens is 308 g/mol. The van der Waals surface area contributed by atoms with Crippen molar-refractivity contribution >= 4 is 27.5 Å². The number of nitrogen functional groups attached to an aromatic ring is 1. The second-order valence-electron chi connectivity index (χ2n) is 5.48. The predicted octanol–water partition coefficient (Wildman–Crippen LogP) is 2.72. The lowest BCUT2D eigenvalue weighted by Crippen LogP contribution is -2.45. The molecule has 0 saturated carbocycles. The summed E-state index contributed by atoms with van der Waals surface area (Å²) in [6, 6.07) is 5.45. The van der Waals surface area contributed by atoms with Crippen LogP contribution in [0.15, 0.2) is 22.7 Å². The Kier molecular flexibility index (Phi) is 4.16. The molecule has 1 aliphatic rings. The molecule has 1 saturated heterocycles. The predicted molar refractivity (Wildman–Crippen MR) is 79.1 cm³/mol. The lowest BCUT2D eigenvalue weighted by Gasteiger charge is -2.35. The summed E-state index contributed by atoms with van der Waals surface area (Å²) in [5, 5.41) is 3.05. The van der Waals surface area contributed by atoms with Gasteiger partial charge in [-0.2, -0.15) is 0 Å². The van der Waals surface area contributed by atoms with Crippen molar-refractivity contribution in [3.8, 4) is 0 Å². The van der Waals surface area contributed by atoms with Gasteiger partial charge in [0.15, 0.2) is 0 Å². The SMILES string of the molecule is CC1(C)CC(NC(=O)c2cccc(N)c2Br)CCO1. The molecule has 4 nitrogen and oxygen atoms in total. The molecule has 0 spiro atoms. The van der Waals surface area contributed by atoms with Crippen LogP contribution in [-0.4, -0.2) is 24.2 Å². The minimum atomic E-state index is -0.177. The first kappa shape index (κ1) is 14.3. The number of carbonyl (C=O) groups is 1. The molecule has 3 N–H and O–H groups in total. The molecule has 1 aliphatic heterocycles. The van der Waals surface area contributed by atoms with Gasteiger partial charge in [0.05, 0.1) is 15.6 Å². The fourth-order valence-electron chi connectivity index (χ4n) is 2.34. The number of amides is 1. The van der Waals surface area contributed by atoms with E-state index in [1.54, 1.807) is 18.2 Å². The minimum Gasteiger partial charge on any atom is -0.398 e. The molecule has 0 bridgehead atoms. The van der Waals surface area contributed by atoms with Gasteiger partial charge in [-0.3, -0.25) is 4.79 Å². The molecule has 1 unspecified atom stereocenters. The van der Waals surface area contributed by atoms with Crippen LogP contribution in [0.1, 0.15) is 37.0 Å². The van der Waals surface area contributed by atoms with Gasteiger partial charge in [-0.25, -0.2) is 0 Å². The third-order valence-corrected chi connectivity index (χ3v) is 4.19. The van der Waals surface area contributed by atoms with Gasteiger partial charge in [-0.1, -0.05) is 6.07 Å². The van der Waals surface area contributed by atoms with Crippen LogP contribution in [-0.2, 0) is 4.74 Å². The van der Waals surface area contributed by atoms with E-state index in [1.807, 2.05) is 13.8 Å². The number of nitrogens with two attached hydrogens (primary N) is 1. The summed E-state index contributed by atoms with van der Waals surface area (Å²) < 4.78 is 6.30. The first-order valence-corrected chi connectivity index (χ1v) is 7.17. The Hall–Kier alpha value is -1.07. The van der Waals surface area contributed by atoms with Gasteiger partial charge >= 0.3 is 0 Å². The van der Waals surface area contributed by atoms with Gasteiger partial charge in [-0.15, -0.1) is 0 Å². The minimum absolute atomic E-state index is 0.0955. The molecule has 2 rings (SSSR count). The third-order valence-electron chi connectivity index (χ3n) is 3.31. The van der Waals surface area contributed by atoms with E-state index in [-0.39, 0.29) is 17.6 Å². The highest BCUT2D eigenvalue weighted by atomic mass is 79.9. The van der Waals surface area contributed by atoms with Crippen molar-refractivity contribution in [3.05, 3.63) is 28.2 Å². The molecule has 1 heterocycles. The Bertz CT molecular complexity index is 488. The Balaban J connectivity index is 2.07. The lowest BCUT2D eigenvalue weighted by molar-refractivity contribution is -0.0615. The summed E-state index contributed by atoms with van der Waals surface area (Å²) in [5.74, 6) is -0.0955. The van der Waals surface area contributed by atoms with Crippen LogP contribution < -0.4 is 11.1 Å². The fraction of sp³-hybridized carbons (Fsp3) is 0.500. The summed E-state index contributed by atoms with van der Waals surface area (Å²) in [6.45, 7) is 4.76. The highest BCUT2D eigenvalue weighted by Crippen LogP contribution is 2.26. The van der Waals surface area contributed by atoms with Crippen LogP contribution in [0.25, 0.3) is 0 Å². The van der Waals surface area contributed by atoms with Crippen LogP contribution in [0.4, 0.5) is 5.69 Å². The van der Waals surface area contributed by atoms with Crippen LogP contribution in [0, 0.1) is 0 Å². The molecule has 0 aromatic heterocycles. The number of nitrogens with one attached hydrogen (secondary N) is 1. The number of anilines is 1. The first-order chi connectivity index (χ1) is 8.89. The van der Waals surface area contributed by atoms with Gasteiger partial charge in [0, 0.05) is 18.3 Å². The average molecular weight is 327 g/mol. The second kappa shape index (κ2) is 5.51. The Morgan fingerprint density at radius 1 is 1.53 bits per heavy atom. The van der Waals surface area contributed by atoms with Gasteiger partial charge in [-0.05, 0) is 54.8 Å². The van der Waals surface area contributed by atoms with Crippen LogP contribution in [0.3, 0.4) is 0 Å². The maximum absolute atomic E-state index is 12.3. The number of hydrogen-bond donors (Lipinski definition) is 2. The van der Waals surface area contributed by atoms with Gasteiger partial charge in [0.1, 0.15) is 0 Å². The third kappa shape index (κ3) is 3.48. The number of ether oxygens (including phenoxy) is 1. The number of rotatable bonds is 2. The van der Waals surface area contributed by atoms with E-state index in [0.29, 0.717) is 22.3 Å². The highest BCUT2D eigenvalue weighted by molar-refractivity contribution is 9.10. The summed E-state index contributed by atoms with van der Waals surface area (Å²) >= 11 is 3.36. The Labute approximate surface area is 121 Å². The van der Waals surface area contributed by atoms with E-state index in [9.17, 15) is 4.79 Å². The van der Waals surface area contributed by atoms with Crippen molar-refractivity contribution in [3.63, 3.8) is 0 Å². The van der Waals surface area contributed by atoms with Crippen molar-refractivity contribution in [2.75, 3.05) is 12.3 Å². The van der Waals surface area contributed by atoms with Gasteiger partial charge in [0.2, 0.25) is 0 Å². The lowest BCUT2D eigenvalue weighted by atomic mass is 9.94. The van der Waals surface area contributed by atoms with E-state index >= 15 is 0 Å². The largest absolute Gasteiger partial charge is 0.398 e. The van der Waals surface area contributed by atoms with Crippen molar-refractivity contribution in [2.45, 2.75) is 38.3 Å². The van der Waals surface area contributed by atoms with Crippen molar-refractivity contribution < 1.29 is 9.53 Å². The normalized spacial score (nSPS) is 21.9. The molecule has 1 aromatic rings. The summed E-state index contributed by atoms with van der Waals surface area (Å²) in [4.78, 5) is 12.3. The molecular formula is C14H19BrN2O2. The number of carbonyl (C=O) groups excluding carboxylic acids is 1. The molecule has 0 aliphatic carbocycles. The molecule has 1 atom stereocenters. The maximum Gasteiger partial charge on any atom is 0.252 e. The number of hydrogen-bond acceptors (Lipinski definition) is 3. The summed E-state index contributed by atoms with van der Waals surface area (Å²) in [5.41, 5.74) is 6.75. The molecule has 0 radical (unpaired) electrons. The molecule has 19 heavy (non-hydrogen) atoms. The Morgan fingerprint density at radius 3 is 2.95 bits per heavy atom.